The number of methoxy groups -OCH3 is 3. The molecule has 0 atom stereocenters. The summed E-state index contributed by atoms with van der Waals surface area (Å²) in [7, 11) is 4.80. The standard InChI is InChI=1S/C26H24O5/c1-29-22-12-5-18(6-13-22)4-7-20-16-23(30-2)17-26(31-3)24(20)14-15-25(28)19-8-10-21(27)11-9-19/h4-17,27H,1-3H3/b7-4+,15-14+. The van der Waals surface area contributed by atoms with Crippen molar-refractivity contribution < 1.29 is 24.1 Å². The number of ketones is 1. The van der Waals surface area contributed by atoms with Gasteiger partial charge in [-0.25, -0.2) is 0 Å². The zero-order valence-electron chi connectivity index (χ0n) is 17.7. The number of ether oxygens (including phenoxy) is 3. The van der Waals surface area contributed by atoms with Gasteiger partial charge in [-0.15, -0.1) is 0 Å². The Morgan fingerprint density at radius 1 is 0.774 bits per heavy atom. The fraction of sp³-hybridized carbons (Fsp3) is 0.115. The Labute approximate surface area is 181 Å². The number of aromatic hydroxyl groups is 1. The van der Waals surface area contributed by atoms with Crippen LogP contribution < -0.4 is 14.2 Å². The molecule has 0 aliphatic carbocycles. The first-order valence-electron chi connectivity index (χ1n) is 9.63. The highest BCUT2D eigenvalue weighted by Gasteiger charge is 2.10. The fourth-order valence-electron chi connectivity index (χ4n) is 3.01. The van der Waals surface area contributed by atoms with E-state index in [0.717, 1.165) is 22.4 Å². The largest absolute Gasteiger partial charge is 0.508 e. The van der Waals surface area contributed by atoms with Crippen LogP contribution in [-0.2, 0) is 0 Å². The third-order valence-corrected chi connectivity index (χ3v) is 4.73. The van der Waals surface area contributed by atoms with E-state index in [1.54, 1.807) is 45.6 Å². The van der Waals surface area contributed by atoms with Gasteiger partial charge in [-0.3, -0.25) is 4.79 Å². The molecule has 0 amide bonds. The number of hydrogen-bond donors (Lipinski definition) is 1. The highest BCUT2D eigenvalue weighted by molar-refractivity contribution is 6.07. The van der Waals surface area contributed by atoms with Crippen LogP contribution in [0, 0.1) is 0 Å². The van der Waals surface area contributed by atoms with E-state index in [1.807, 2.05) is 42.5 Å². The highest BCUT2D eigenvalue weighted by Crippen LogP contribution is 2.31. The maximum atomic E-state index is 12.5. The minimum atomic E-state index is -0.178. The molecule has 0 fully saturated rings. The summed E-state index contributed by atoms with van der Waals surface area (Å²) in [6.07, 6.45) is 7.12. The van der Waals surface area contributed by atoms with Gasteiger partial charge in [-0.05, 0) is 65.7 Å². The van der Waals surface area contributed by atoms with Gasteiger partial charge < -0.3 is 19.3 Å². The van der Waals surface area contributed by atoms with Crippen molar-refractivity contribution >= 4 is 24.0 Å². The third kappa shape index (κ3) is 5.54. The summed E-state index contributed by atoms with van der Waals surface area (Å²) >= 11 is 0. The van der Waals surface area contributed by atoms with Gasteiger partial charge in [0.2, 0.25) is 0 Å². The summed E-state index contributed by atoms with van der Waals surface area (Å²) in [5.41, 5.74) is 3.07. The van der Waals surface area contributed by atoms with Gasteiger partial charge >= 0.3 is 0 Å². The molecular formula is C26H24O5. The summed E-state index contributed by atoms with van der Waals surface area (Å²) in [5.74, 6) is 1.96. The average Bonchev–Trinajstić information content (AvgIpc) is 2.81. The van der Waals surface area contributed by atoms with E-state index in [1.165, 1.54) is 18.2 Å². The molecule has 3 rings (SSSR count). The summed E-state index contributed by atoms with van der Waals surface area (Å²) in [5, 5.41) is 9.41. The van der Waals surface area contributed by atoms with E-state index in [9.17, 15) is 9.90 Å². The number of hydrogen-bond acceptors (Lipinski definition) is 5. The SMILES string of the molecule is COc1ccc(/C=C/c2cc(OC)cc(OC)c2/C=C/C(=O)c2ccc(O)cc2)cc1. The van der Waals surface area contributed by atoms with E-state index in [2.05, 4.69) is 0 Å². The Hall–Kier alpha value is -3.99. The summed E-state index contributed by atoms with van der Waals surface area (Å²) in [6.45, 7) is 0. The quantitative estimate of drug-likeness (QED) is 0.299. The molecule has 0 heterocycles. The maximum Gasteiger partial charge on any atom is 0.185 e. The van der Waals surface area contributed by atoms with Crippen molar-refractivity contribution in [3.8, 4) is 23.0 Å². The van der Waals surface area contributed by atoms with Crippen LogP contribution in [0.3, 0.4) is 0 Å². The van der Waals surface area contributed by atoms with Crippen molar-refractivity contribution in [2.75, 3.05) is 21.3 Å². The minimum absolute atomic E-state index is 0.114. The highest BCUT2D eigenvalue weighted by atomic mass is 16.5. The maximum absolute atomic E-state index is 12.5. The van der Waals surface area contributed by atoms with Crippen LogP contribution in [0.25, 0.3) is 18.2 Å². The van der Waals surface area contributed by atoms with E-state index in [4.69, 9.17) is 14.2 Å². The first-order chi connectivity index (χ1) is 15.0. The minimum Gasteiger partial charge on any atom is -0.508 e. The second-order valence-corrected chi connectivity index (χ2v) is 6.68. The lowest BCUT2D eigenvalue weighted by Gasteiger charge is -2.11. The van der Waals surface area contributed by atoms with E-state index in [-0.39, 0.29) is 11.5 Å². The Morgan fingerprint density at radius 3 is 2.06 bits per heavy atom. The predicted octanol–water partition coefficient (Wildman–Crippen LogP) is 5.48. The van der Waals surface area contributed by atoms with Gasteiger partial charge in [0.05, 0.1) is 21.3 Å². The topological polar surface area (TPSA) is 65.0 Å². The molecule has 1 N–H and O–H groups in total. The van der Waals surface area contributed by atoms with Gasteiger partial charge in [0, 0.05) is 17.2 Å². The number of phenols is 1. The Morgan fingerprint density at radius 2 is 1.45 bits per heavy atom. The number of carbonyl (C=O) groups is 1. The van der Waals surface area contributed by atoms with Gasteiger partial charge in [-0.2, -0.15) is 0 Å². The number of phenolic OH excluding ortho intramolecular Hbond substituents is 1. The molecule has 31 heavy (non-hydrogen) atoms. The average molecular weight is 416 g/mol. The molecule has 5 nitrogen and oxygen atoms in total. The summed E-state index contributed by atoms with van der Waals surface area (Å²) in [4.78, 5) is 12.5. The van der Waals surface area contributed by atoms with Crippen molar-refractivity contribution in [3.05, 3.63) is 89.0 Å². The number of benzene rings is 3. The van der Waals surface area contributed by atoms with Gasteiger partial charge in [0.15, 0.2) is 5.78 Å². The van der Waals surface area contributed by atoms with Crippen LogP contribution in [0.2, 0.25) is 0 Å². The van der Waals surface area contributed by atoms with Crippen molar-refractivity contribution in [2.24, 2.45) is 0 Å². The van der Waals surface area contributed by atoms with Crippen molar-refractivity contribution in [1.82, 2.24) is 0 Å². The molecule has 0 aromatic heterocycles. The molecule has 0 aliphatic heterocycles. The van der Waals surface area contributed by atoms with Crippen molar-refractivity contribution in [3.63, 3.8) is 0 Å². The monoisotopic (exact) mass is 416 g/mol. The molecule has 158 valence electrons. The third-order valence-electron chi connectivity index (χ3n) is 4.73. The van der Waals surface area contributed by atoms with Gasteiger partial charge in [0.25, 0.3) is 0 Å². The summed E-state index contributed by atoms with van der Waals surface area (Å²) < 4.78 is 16.1. The Bertz CT molecular complexity index is 1090. The number of rotatable bonds is 8. The first-order valence-corrected chi connectivity index (χ1v) is 9.63. The van der Waals surface area contributed by atoms with Crippen LogP contribution >= 0.6 is 0 Å². The smallest absolute Gasteiger partial charge is 0.185 e. The molecule has 0 unspecified atom stereocenters. The summed E-state index contributed by atoms with van der Waals surface area (Å²) in [6, 6.07) is 17.5. The number of carbonyl (C=O) groups excluding carboxylic acids is 1. The van der Waals surface area contributed by atoms with Crippen LogP contribution in [-0.4, -0.2) is 32.2 Å². The first kappa shape index (κ1) is 21.7. The van der Waals surface area contributed by atoms with Crippen LogP contribution in [0.1, 0.15) is 27.0 Å². The lowest BCUT2D eigenvalue weighted by Crippen LogP contribution is -1.96. The van der Waals surface area contributed by atoms with Gasteiger partial charge in [-0.1, -0.05) is 24.3 Å². The van der Waals surface area contributed by atoms with Crippen LogP contribution in [0.5, 0.6) is 23.0 Å². The lowest BCUT2D eigenvalue weighted by molar-refractivity contribution is 0.104. The molecule has 3 aromatic rings. The van der Waals surface area contributed by atoms with Crippen molar-refractivity contribution in [2.45, 2.75) is 0 Å². The molecule has 0 saturated carbocycles. The predicted molar refractivity (Wildman–Crippen MR) is 123 cm³/mol. The number of allylic oxidation sites excluding steroid dienone is 1. The second kappa shape index (κ2) is 10.2. The van der Waals surface area contributed by atoms with Crippen LogP contribution in [0.15, 0.2) is 66.7 Å². The fourth-order valence-corrected chi connectivity index (χ4v) is 3.01. The van der Waals surface area contributed by atoms with Crippen LogP contribution in [0.4, 0.5) is 0 Å². The van der Waals surface area contributed by atoms with E-state index < -0.39 is 0 Å². The van der Waals surface area contributed by atoms with E-state index in [0.29, 0.717) is 17.1 Å². The van der Waals surface area contributed by atoms with E-state index >= 15 is 0 Å². The molecule has 0 radical (unpaired) electrons. The second-order valence-electron chi connectivity index (χ2n) is 6.68. The normalized spacial score (nSPS) is 11.1. The zero-order chi connectivity index (χ0) is 22.2. The van der Waals surface area contributed by atoms with Crippen molar-refractivity contribution in [1.29, 1.82) is 0 Å². The molecule has 0 bridgehead atoms. The Balaban J connectivity index is 1.96. The van der Waals surface area contributed by atoms with Gasteiger partial charge in [0.1, 0.15) is 23.0 Å². The molecule has 5 heteroatoms. The molecule has 0 spiro atoms. The Kier molecular flexibility index (Phi) is 7.12. The lowest BCUT2D eigenvalue weighted by atomic mass is 10.0. The molecule has 0 saturated heterocycles. The molecular weight excluding hydrogens is 392 g/mol. The molecule has 3 aromatic carbocycles. The molecule has 0 aliphatic rings. The zero-order valence-corrected chi connectivity index (χ0v) is 17.7.